The van der Waals surface area contributed by atoms with Gasteiger partial charge in [0.05, 0.1) is 4.47 Å². The summed E-state index contributed by atoms with van der Waals surface area (Å²) in [5.41, 5.74) is 1.83. The average molecular weight is 328 g/mol. The number of benzene rings is 2. The number of ketones is 1. The molecule has 2 aromatic rings. The van der Waals surface area contributed by atoms with Crippen molar-refractivity contribution in [3.05, 3.63) is 68.4 Å². The number of carbonyl (C=O) groups excluding carboxylic acids is 1. The highest BCUT2D eigenvalue weighted by molar-refractivity contribution is 9.10. The summed E-state index contributed by atoms with van der Waals surface area (Å²) in [7, 11) is 0. The second-order valence-corrected chi connectivity index (χ2v) is 5.27. The highest BCUT2D eigenvalue weighted by Crippen LogP contribution is 2.21. The van der Waals surface area contributed by atoms with Crippen molar-refractivity contribution in [1.29, 1.82) is 0 Å². The molecule has 0 aliphatic rings. The molecule has 0 aliphatic carbocycles. The first-order valence-electron chi connectivity index (χ1n) is 5.24. The summed E-state index contributed by atoms with van der Waals surface area (Å²) in [6, 6.07) is 9.32. The molecule has 92 valence electrons. The van der Waals surface area contributed by atoms with Crippen LogP contribution >= 0.6 is 27.5 Å². The quantitative estimate of drug-likeness (QED) is 0.725. The molecule has 0 atom stereocenters. The molecule has 2 rings (SSSR count). The molecule has 0 spiro atoms. The van der Waals surface area contributed by atoms with Gasteiger partial charge in [0.25, 0.3) is 0 Å². The van der Waals surface area contributed by atoms with Crippen LogP contribution in [0.1, 0.15) is 21.5 Å². The van der Waals surface area contributed by atoms with E-state index in [2.05, 4.69) is 15.9 Å². The van der Waals surface area contributed by atoms with Crippen molar-refractivity contribution in [3.63, 3.8) is 0 Å². The van der Waals surface area contributed by atoms with Crippen LogP contribution in [0.5, 0.6) is 0 Å². The molecule has 0 N–H and O–H groups in total. The van der Waals surface area contributed by atoms with Gasteiger partial charge in [-0.15, -0.1) is 0 Å². The highest BCUT2D eigenvalue weighted by atomic mass is 79.9. The second-order valence-electron chi connectivity index (χ2n) is 3.98. The van der Waals surface area contributed by atoms with E-state index in [9.17, 15) is 9.18 Å². The number of hydrogen-bond donors (Lipinski definition) is 0. The van der Waals surface area contributed by atoms with E-state index in [0.717, 1.165) is 5.56 Å². The van der Waals surface area contributed by atoms with Gasteiger partial charge in [0.1, 0.15) is 5.82 Å². The molecule has 0 saturated carbocycles. The smallest absolute Gasteiger partial charge is 0.193 e. The minimum atomic E-state index is -0.395. The van der Waals surface area contributed by atoms with Crippen molar-refractivity contribution in [2.24, 2.45) is 0 Å². The summed E-state index contributed by atoms with van der Waals surface area (Å²) in [6.45, 7) is 1.86. The number of carbonyl (C=O) groups is 1. The van der Waals surface area contributed by atoms with E-state index < -0.39 is 5.82 Å². The molecule has 4 heteroatoms. The van der Waals surface area contributed by atoms with Gasteiger partial charge in [-0.3, -0.25) is 4.79 Å². The van der Waals surface area contributed by atoms with E-state index >= 15 is 0 Å². The molecule has 0 amide bonds. The standard InChI is InChI=1S/C14H9BrClFO/c1-8-4-10(6-11(16)5-8)14(18)9-2-3-13(17)12(15)7-9/h2-7H,1H3. The third-order valence-electron chi connectivity index (χ3n) is 2.49. The zero-order valence-electron chi connectivity index (χ0n) is 9.51. The fourth-order valence-electron chi connectivity index (χ4n) is 1.67. The van der Waals surface area contributed by atoms with E-state index in [1.807, 2.05) is 6.92 Å². The van der Waals surface area contributed by atoms with Crippen molar-refractivity contribution in [2.45, 2.75) is 6.92 Å². The molecule has 0 bridgehead atoms. The fourth-order valence-corrected chi connectivity index (χ4v) is 2.34. The number of rotatable bonds is 2. The van der Waals surface area contributed by atoms with Crippen LogP contribution in [0.3, 0.4) is 0 Å². The summed E-state index contributed by atoms with van der Waals surface area (Å²) >= 11 is 8.98. The predicted octanol–water partition coefficient (Wildman–Crippen LogP) is 4.78. The van der Waals surface area contributed by atoms with Crippen molar-refractivity contribution < 1.29 is 9.18 Å². The molecule has 0 aromatic heterocycles. The Bertz CT molecular complexity index is 605. The summed E-state index contributed by atoms with van der Waals surface area (Å²) in [6.07, 6.45) is 0. The summed E-state index contributed by atoms with van der Waals surface area (Å²) in [5, 5.41) is 0.513. The second kappa shape index (κ2) is 5.21. The van der Waals surface area contributed by atoms with Crippen LogP contribution < -0.4 is 0 Å². The van der Waals surface area contributed by atoms with Gasteiger partial charge >= 0.3 is 0 Å². The molecule has 1 nitrogen and oxygen atoms in total. The van der Waals surface area contributed by atoms with Crippen molar-refractivity contribution >= 4 is 33.3 Å². The Hall–Kier alpha value is -1.19. The Morgan fingerprint density at radius 3 is 2.50 bits per heavy atom. The molecule has 18 heavy (non-hydrogen) atoms. The number of aryl methyl sites for hydroxylation is 1. The van der Waals surface area contributed by atoms with Crippen LogP contribution in [0, 0.1) is 12.7 Å². The van der Waals surface area contributed by atoms with Gasteiger partial charge in [0.15, 0.2) is 5.78 Å². The maximum atomic E-state index is 13.1. The fraction of sp³-hybridized carbons (Fsp3) is 0.0714. The first-order chi connectivity index (χ1) is 8.47. The lowest BCUT2D eigenvalue weighted by Crippen LogP contribution is -2.02. The van der Waals surface area contributed by atoms with Crippen molar-refractivity contribution in [2.75, 3.05) is 0 Å². The Morgan fingerprint density at radius 1 is 1.17 bits per heavy atom. The lowest BCUT2D eigenvalue weighted by Gasteiger charge is -2.04. The maximum absolute atomic E-state index is 13.1. The first kappa shape index (κ1) is 13.2. The number of hydrogen-bond acceptors (Lipinski definition) is 1. The van der Waals surface area contributed by atoms with Crippen LogP contribution in [0.2, 0.25) is 5.02 Å². The third-order valence-corrected chi connectivity index (χ3v) is 3.31. The minimum Gasteiger partial charge on any atom is -0.289 e. The Morgan fingerprint density at radius 2 is 1.89 bits per heavy atom. The zero-order chi connectivity index (χ0) is 13.3. The van der Waals surface area contributed by atoms with Gasteiger partial charge in [-0.25, -0.2) is 4.39 Å². The van der Waals surface area contributed by atoms with Crippen molar-refractivity contribution in [3.8, 4) is 0 Å². The molecular formula is C14H9BrClFO. The van der Waals surface area contributed by atoms with Gasteiger partial charge in [0.2, 0.25) is 0 Å². The Labute approximate surface area is 118 Å². The van der Waals surface area contributed by atoms with Gasteiger partial charge in [-0.2, -0.15) is 0 Å². The number of halogens is 3. The van der Waals surface area contributed by atoms with Crippen molar-refractivity contribution in [1.82, 2.24) is 0 Å². The molecule has 0 radical (unpaired) electrons. The summed E-state index contributed by atoms with van der Waals surface area (Å²) in [5.74, 6) is -0.574. The topological polar surface area (TPSA) is 17.1 Å². The van der Waals surface area contributed by atoms with Crippen LogP contribution in [0.15, 0.2) is 40.9 Å². The first-order valence-corrected chi connectivity index (χ1v) is 6.41. The van der Waals surface area contributed by atoms with Gasteiger partial charge in [0, 0.05) is 16.1 Å². The summed E-state index contributed by atoms with van der Waals surface area (Å²) in [4.78, 5) is 12.2. The molecule has 0 unspecified atom stereocenters. The maximum Gasteiger partial charge on any atom is 0.193 e. The molecule has 0 heterocycles. The lowest BCUT2D eigenvalue weighted by atomic mass is 10.0. The van der Waals surface area contributed by atoms with E-state index in [4.69, 9.17) is 11.6 Å². The zero-order valence-corrected chi connectivity index (χ0v) is 11.8. The molecule has 2 aromatic carbocycles. The third kappa shape index (κ3) is 2.79. The van der Waals surface area contributed by atoms with Crippen LogP contribution in [-0.2, 0) is 0 Å². The summed E-state index contributed by atoms with van der Waals surface area (Å²) < 4.78 is 13.4. The van der Waals surface area contributed by atoms with Gasteiger partial charge in [-0.05, 0) is 64.8 Å². The molecule has 0 aliphatic heterocycles. The molecule has 0 saturated heterocycles. The van der Waals surface area contributed by atoms with Crippen LogP contribution in [0.4, 0.5) is 4.39 Å². The lowest BCUT2D eigenvalue weighted by molar-refractivity contribution is 0.103. The largest absolute Gasteiger partial charge is 0.289 e. The average Bonchev–Trinajstić information content (AvgIpc) is 2.30. The predicted molar refractivity (Wildman–Crippen MR) is 73.7 cm³/mol. The van der Waals surface area contributed by atoms with Gasteiger partial charge < -0.3 is 0 Å². The van der Waals surface area contributed by atoms with Gasteiger partial charge in [-0.1, -0.05) is 11.6 Å². The van der Waals surface area contributed by atoms with E-state index in [1.165, 1.54) is 18.2 Å². The molecular weight excluding hydrogens is 319 g/mol. The monoisotopic (exact) mass is 326 g/mol. The normalized spacial score (nSPS) is 10.4. The van der Waals surface area contributed by atoms with Crippen LogP contribution in [0.25, 0.3) is 0 Å². The SMILES string of the molecule is Cc1cc(Cl)cc(C(=O)c2ccc(F)c(Br)c2)c1. The Balaban J connectivity index is 2.44. The van der Waals surface area contributed by atoms with Crippen LogP contribution in [-0.4, -0.2) is 5.78 Å². The minimum absolute atomic E-state index is 0.179. The van der Waals surface area contributed by atoms with E-state index in [-0.39, 0.29) is 10.3 Å². The highest BCUT2D eigenvalue weighted by Gasteiger charge is 2.12. The van der Waals surface area contributed by atoms with E-state index in [1.54, 1.807) is 18.2 Å². The van der Waals surface area contributed by atoms with E-state index in [0.29, 0.717) is 16.1 Å². The Kier molecular flexibility index (Phi) is 3.83. The molecule has 0 fully saturated rings.